The van der Waals surface area contributed by atoms with E-state index in [1.54, 1.807) is 0 Å². The van der Waals surface area contributed by atoms with Crippen molar-refractivity contribution < 1.29 is 26.9 Å². The molecule has 2 aromatic rings. The van der Waals surface area contributed by atoms with Crippen molar-refractivity contribution in [2.45, 2.75) is 31.5 Å². The van der Waals surface area contributed by atoms with Gasteiger partial charge in [-0.2, -0.15) is 8.42 Å². The molecule has 0 spiro atoms. The maximum atomic E-state index is 13.1. The molecule has 0 radical (unpaired) electrons. The molecule has 6 nitrogen and oxygen atoms in total. The van der Waals surface area contributed by atoms with Crippen LogP contribution in [-0.4, -0.2) is 51.8 Å². The minimum Gasteiger partial charge on any atom is -0.489 e. The Kier molecular flexibility index (Phi) is 7.55. The third-order valence-electron chi connectivity index (χ3n) is 7.06. The van der Waals surface area contributed by atoms with Gasteiger partial charge in [0.25, 0.3) is 10.1 Å². The third-order valence-corrected chi connectivity index (χ3v) is 9.05. The number of benzene rings is 2. The highest BCUT2D eigenvalue weighted by atomic mass is 32.3. The molecule has 0 amide bonds. The van der Waals surface area contributed by atoms with Gasteiger partial charge < -0.3 is 9.47 Å². The SMILES string of the molecule is CS(C)(C)CCOC(=O)C1C2CCC1C(OS(C)(=O)=O)(c1ccc(OCc3ccccc3)cc1)C2. The Morgan fingerprint density at radius 2 is 1.66 bits per heavy atom. The zero-order valence-corrected chi connectivity index (χ0v) is 22.6. The van der Waals surface area contributed by atoms with Crippen molar-refractivity contribution in [3.05, 3.63) is 65.7 Å². The summed E-state index contributed by atoms with van der Waals surface area (Å²) < 4.78 is 42.2. The summed E-state index contributed by atoms with van der Waals surface area (Å²) in [5.74, 6) is 0.786. The lowest BCUT2D eigenvalue weighted by Gasteiger charge is -2.37. The molecule has 2 fully saturated rings. The summed E-state index contributed by atoms with van der Waals surface area (Å²) in [4.78, 5) is 13.1. The Hall–Kier alpha value is -2.03. The van der Waals surface area contributed by atoms with Crippen LogP contribution >= 0.6 is 10.0 Å². The summed E-state index contributed by atoms with van der Waals surface area (Å²) in [5.41, 5.74) is 0.767. The van der Waals surface area contributed by atoms with Crippen molar-refractivity contribution >= 4 is 26.1 Å². The molecule has 0 saturated heterocycles. The van der Waals surface area contributed by atoms with Gasteiger partial charge in [0.1, 0.15) is 18.0 Å². The molecular weight excluding hydrogens is 484 g/mol. The Labute approximate surface area is 210 Å². The molecule has 8 heteroatoms. The van der Waals surface area contributed by atoms with Gasteiger partial charge >= 0.3 is 5.97 Å². The van der Waals surface area contributed by atoms with Crippen LogP contribution in [0.3, 0.4) is 0 Å². The van der Waals surface area contributed by atoms with E-state index in [1.165, 1.54) is 0 Å². The van der Waals surface area contributed by atoms with Crippen molar-refractivity contribution in [3.8, 4) is 5.75 Å². The number of carbonyl (C=O) groups excluding carboxylic acids is 1. The van der Waals surface area contributed by atoms with Crippen LogP contribution in [0.25, 0.3) is 0 Å². The first kappa shape index (κ1) is 26.0. The number of hydrogen-bond acceptors (Lipinski definition) is 6. The number of esters is 1. The molecular formula is C27H36O6S2. The van der Waals surface area contributed by atoms with Crippen LogP contribution in [0.5, 0.6) is 5.75 Å². The highest BCUT2D eigenvalue weighted by Gasteiger charge is 2.63. The first-order valence-electron chi connectivity index (χ1n) is 12.0. The van der Waals surface area contributed by atoms with Gasteiger partial charge in [-0.1, -0.05) is 42.5 Å². The highest BCUT2D eigenvalue weighted by Crippen LogP contribution is 2.61. The van der Waals surface area contributed by atoms with Crippen LogP contribution in [0.2, 0.25) is 0 Å². The van der Waals surface area contributed by atoms with Gasteiger partial charge in [-0.3, -0.25) is 8.98 Å². The standard InChI is InChI=1S/C27H36O6S2/c1-34(2,3)17-16-31-26(28)25-21-10-15-24(25)27(18-21,33-35(4,29)30)22-11-13-23(14-12-22)32-19-20-8-6-5-7-9-20/h5-9,11-14,21,24-25H,10,15-19H2,1-4H3. The number of rotatable bonds is 10. The average Bonchev–Trinajstić information content (AvgIpc) is 3.33. The minimum absolute atomic E-state index is 0.0465. The van der Waals surface area contributed by atoms with Crippen LogP contribution in [0.1, 0.15) is 30.4 Å². The van der Waals surface area contributed by atoms with Gasteiger partial charge in [0, 0.05) is 11.7 Å². The maximum Gasteiger partial charge on any atom is 0.309 e. The van der Waals surface area contributed by atoms with E-state index in [9.17, 15) is 13.2 Å². The number of ether oxygens (including phenoxy) is 2. The van der Waals surface area contributed by atoms with Crippen molar-refractivity contribution in [2.24, 2.45) is 17.8 Å². The highest BCUT2D eigenvalue weighted by molar-refractivity contribution is 8.32. The summed E-state index contributed by atoms with van der Waals surface area (Å²) in [6.45, 7) is 0.848. The first-order valence-corrected chi connectivity index (χ1v) is 16.8. The second-order valence-corrected chi connectivity index (χ2v) is 16.8. The zero-order chi connectivity index (χ0) is 25.3. The zero-order valence-electron chi connectivity index (χ0n) is 20.9. The molecule has 4 unspecified atom stereocenters. The lowest BCUT2D eigenvalue weighted by atomic mass is 9.78. The molecule has 192 valence electrons. The Bertz CT molecular complexity index is 1120. The largest absolute Gasteiger partial charge is 0.489 e. The van der Waals surface area contributed by atoms with E-state index in [2.05, 4.69) is 18.8 Å². The fourth-order valence-electron chi connectivity index (χ4n) is 5.54. The van der Waals surface area contributed by atoms with E-state index in [0.29, 0.717) is 25.4 Å². The Morgan fingerprint density at radius 1 is 0.971 bits per heavy atom. The number of carbonyl (C=O) groups is 1. The second kappa shape index (κ2) is 10.1. The van der Waals surface area contributed by atoms with Gasteiger partial charge in [0.05, 0.1) is 18.8 Å². The van der Waals surface area contributed by atoms with Crippen molar-refractivity contribution in [1.29, 1.82) is 0 Å². The average molecular weight is 521 g/mol. The predicted octanol–water partition coefficient (Wildman–Crippen LogP) is 4.72. The van der Waals surface area contributed by atoms with Gasteiger partial charge in [-0.25, -0.2) is 10.0 Å². The van der Waals surface area contributed by atoms with Crippen molar-refractivity contribution in [2.75, 3.05) is 37.4 Å². The number of hydrogen-bond donors (Lipinski definition) is 0. The summed E-state index contributed by atoms with van der Waals surface area (Å²) in [5, 5.41) is 0. The molecule has 0 heterocycles. The molecule has 2 aliphatic rings. The number of fused-ring (bicyclic) bond motifs is 2. The van der Waals surface area contributed by atoms with Gasteiger partial charge in [-0.05, 0) is 67.2 Å². The van der Waals surface area contributed by atoms with E-state index in [1.807, 2.05) is 54.6 Å². The summed E-state index contributed by atoms with van der Waals surface area (Å²) in [6.07, 6.45) is 9.75. The fourth-order valence-corrected chi connectivity index (χ4v) is 6.95. The van der Waals surface area contributed by atoms with Gasteiger partial charge in [0.2, 0.25) is 0 Å². The minimum atomic E-state index is -3.76. The smallest absolute Gasteiger partial charge is 0.309 e. The Morgan fingerprint density at radius 3 is 2.29 bits per heavy atom. The molecule has 2 saturated carbocycles. The van der Waals surface area contributed by atoms with E-state index < -0.39 is 25.7 Å². The fraction of sp³-hybridized carbons (Fsp3) is 0.519. The predicted molar refractivity (Wildman–Crippen MR) is 140 cm³/mol. The summed E-state index contributed by atoms with van der Waals surface area (Å²) >= 11 is 0. The lowest BCUT2D eigenvalue weighted by molar-refractivity contribution is -0.150. The topological polar surface area (TPSA) is 78.9 Å². The van der Waals surface area contributed by atoms with Gasteiger partial charge in [0.15, 0.2) is 0 Å². The molecule has 0 N–H and O–H groups in total. The maximum absolute atomic E-state index is 13.1. The van der Waals surface area contributed by atoms with Crippen molar-refractivity contribution in [3.63, 3.8) is 0 Å². The van der Waals surface area contributed by atoms with E-state index in [0.717, 1.165) is 36.0 Å². The first-order chi connectivity index (χ1) is 16.5. The normalized spacial score (nSPS) is 26.5. The molecule has 2 aliphatic carbocycles. The van der Waals surface area contributed by atoms with Crippen LogP contribution in [-0.2, 0) is 36.0 Å². The molecule has 2 aromatic carbocycles. The second-order valence-electron chi connectivity index (χ2n) is 10.6. The lowest BCUT2D eigenvalue weighted by Crippen LogP contribution is -2.39. The summed E-state index contributed by atoms with van der Waals surface area (Å²) in [6, 6.07) is 17.3. The van der Waals surface area contributed by atoms with Crippen LogP contribution in [0.15, 0.2) is 54.6 Å². The van der Waals surface area contributed by atoms with Crippen LogP contribution in [0, 0.1) is 17.8 Å². The van der Waals surface area contributed by atoms with E-state index >= 15 is 0 Å². The molecule has 0 aliphatic heterocycles. The molecule has 35 heavy (non-hydrogen) atoms. The van der Waals surface area contributed by atoms with E-state index in [-0.39, 0.29) is 23.7 Å². The molecule has 0 aromatic heterocycles. The van der Waals surface area contributed by atoms with E-state index in [4.69, 9.17) is 13.7 Å². The third kappa shape index (κ3) is 6.22. The van der Waals surface area contributed by atoms with Crippen LogP contribution in [0.4, 0.5) is 0 Å². The quantitative estimate of drug-likeness (QED) is 0.333. The molecule has 4 atom stereocenters. The Balaban J connectivity index is 1.53. The van der Waals surface area contributed by atoms with Crippen molar-refractivity contribution in [1.82, 2.24) is 0 Å². The van der Waals surface area contributed by atoms with Crippen LogP contribution < -0.4 is 4.74 Å². The molecule has 2 bridgehead atoms. The van der Waals surface area contributed by atoms with Gasteiger partial charge in [-0.15, -0.1) is 0 Å². The molecule has 4 rings (SSSR count). The summed E-state index contributed by atoms with van der Waals surface area (Å²) in [7, 11) is -4.52. The monoisotopic (exact) mass is 520 g/mol.